The Kier molecular flexibility index (Phi) is 5.52. The highest BCUT2D eigenvalue weighted by Gasteiger charge is 2.13. The number of carbonyl (C=O) groups excluding carboxylic acids is 1. The molecule has 0 unspecified atom stereocenters. The van der Waals surface area contributed by atoms with Crippen molar-refractivity contribution in [3.63, 3.8) is 0 Å². The van der Waals surface area contributed by atoms with Crippen molar-refractivity contribution >= 4 is 12.1 Å². The van der Waals surface area contributed by atoms with Crippen molar-refractivity contribution in [3.05, 3.63) is 29.8 Å². The van der Waals surface area contributed by atoms with Crippen LogP contribution in [0.4, 0.5) is 0 Å². The minimum atomic E-state index is -0.119. The Morgan fingerprint density at radius 3 is 3.05 bits per heavy atom. The average Bonchev–Trinajstić information content (AvgIpc) is 2.48. The molecule has 20 heavy (non-hydrogen) atoms. The van der Waals surface area contributed by atoms with Gasteiger partial charge in [0, 0.05) is 13.1 Å². The van der Waals surface area contributed by atoms with Crippen LogP contribution in [0, 0.1) is 0 Å². The summed E-state index contributed by atoms with van der Waals surface area (Å²) in [6.07, 6.45) is 1.60. The topological polar surface area (TPSA) is 63.2 Å². The molecule has 1 fully saturated rings. The lowest BCUT2D eigenvalue weighted by atomic mass is 10.2. The zero-order valence-corrected chi connectivity index (χ0v) is 11.5. The van der Waals surface area contributed by atoms with E-state index < -0.39 is 0 Å². The molecule has 1 aliphatic rings. The Bertz CT molecular complexity index is 470. The molecule has 0 bridgehead atoms. The molecule has 0 radical (unpaired) electrons. The summed E-state index contributed by atoms with van der Waals surface area (Å²) in [7, 11) is 1.61. The van der Waals surface area contributed by atoms with Crippen LogP contribution >= 0.6 is 0 Å². The van der Waals surface area contributed by atoms with Crippen molar-refractivity contribution in [1.29, 1.82) is 0 Å². The Morgan fingerprint density at radius 1 is 1.50 bits per heavy atom. The summed E-state index contributed by atoms with van der Waals surface area (Å²) in [6, 6.07) is 7.46. The predicted octanol–water partition coefficient (Wildman–Crippen LogP) is 0.477. The number of benzene rings is 1. The second-order valence-electron chi connectivity index (χ2n) is 4.46. The lowest BCUT2D eigenvalue weighted by Crippen LogP contribution is -2.42. The van der Waals surface area contributed by atoms with Gasteiger partial charge in [-0.3, -0.25) is 9.69 Å². The Labute approximate surface area is 118 Å². The number of hydrogen-bond acceptors (Lipinski definition) is 5. The average molecular weight is 277 g/mol. The summed E-state index contributed by atoms with van der Waals surface area (Å²) < 4.78 is 10.3. The van der Waals surface area contributed by atoms with Crippen LogP contribution in [0.2, 0.25) is 0 Å². The van der Waals surface area contributed by atoms with Gasteiger partial charge in [-0.1, -0.05) is 12.1 Å². The normalized spacial score (nSPS) is 16.2. The maximum atomic E-state index is 11.7. The number of hydrogen-bond donors (Lipinski definition) is 1. The molecule has 6 heteroatoms. The first kappa shape index (κ1) is 14.5. The number of morpholine rings is 1. The van der Waals surface area contributed by atoms with E-state index in [9.17, 15) is 4.79 Å². The number of nitrogens with one attached hydrogen (secondary N) is 1. The fourth-order valence-corrected chi connectivity index (χ4v) is 1.90. The fourth-order valence-electron chi connectivity index (χ4n) is 1.90. The van der Waals surface area contributed by atoms with Crippen LogP contribution in [0.1, 0.15) is 5.56 Å². The van der Waals surface area contributed by atoms with Crippen LogP contribution in [0.5, 0.6) is 5.75 Å². The third-order valence-electron chi connectivity index (χ3n) is 2.97. The van der Waals surface area contributed by atoms with Gasteiger partial charge >= 0.3 is 0 Å². The fraction of sp³-hybridized carbons (Fsp3) is 0.429. The molecule has 1 aromatic rings. The quantitative estimate of drug-likeness (QED) is 0.628. The number of rotatable bonds is 5. The van der Waals surface area contributed by atoms with Crippen LogP contribution in [0.15, 0.2) is 29.4 Å². The Morgan fingerprint density at radius 2 is 2.30 bits per heavy atom. The van der Waals surface area contributed by atoms with E-state index in [2.05, 4.69) is 10.5 Å². The largest absolute Gasteiger partial charge is 0.497 e. The van der Waals surface area contributed by atoms with Crippen LogP contribution in [-0.2, 0) is 9.53 Å². The van der Waals surface area contributed by atoms with Crippen molar-refractivity contribution in [3.8, 4) is 5.75 Å². The first-order valence-electron chi connectivity index (χ1n) is 6.54. The number of hydrazone groups is 1. The van der Waals surface area contributed by atoms with Gasteiger partial charge in [-0.25, -0.2) is 5.43 Å². The molecular formula is C14H19N3O3. The van der Waals surface area contributed by atoms with Crippen molar-refractivity contribution in [2.24, 2.45) is 5.10 Å². The number of methoxy groups -OCH3 is 1. The second-order valence-corrected chi connectivity index (χ2v) is 4.46. The molecular weight excluding hydrogens is 258 g/mol. The number of carbonyl (C=O) groups is 1. The van der Waals surface area contributed by atoms with Crippen LogP contribution in [-0.4, -0.2) is 57.0 Å². The molecule has 1 aromatic carbocycles. The smallest absolute Gasteiger partial charge is 0.254 e. The Balaban J connectivity index is 1.78. The summed E-state index contributed by atoms with van der Waals surface area (Å²) in [5, 5.41) is 3.94. The van der Waals surface area contributed by atoms with Gasteiger partial charge in [0.05, 0.1) is 33.1 Å². The molecule has 0 aliphatic carbocycles. The SMILES string of the molecule is COc1cccc(/C=N/NC(=O)CN2CCOCC2)c1. The summed E-state index contributed by atoms with van der Waals surface area (Å²) >= 11 is 0. The molecule has 0 spiro atoms. The highest BCUT2D eigenvalue weighted by atomic mass is 16.5. The minimum Gasteiger partial charge on any atom is -0.497 e. The summed E-state index contributed by atoms with van der Waals surface area (Å²) in [5.74, 6) is 0.639. The number of amides is 1. The van der Waals surface area contributed by atoms with E-state index >= 15 is 0 Å². The second kappa shape index (κ2) is 7.62. The molecule has 0 aromatic heterocycles. The summed E-state index contributed by atoms with van der Waals surface area (Å²) in [5.41, 5.74) is 3.39. The molecule has 1 saturated heterocycles. The molecule has 1 N–H and O–H groups in total. The molecule has 1 aliphatic heterocycles. The van der Waals surface area contributed by atoms with Crippen LogP contribution < -0.4 is 10.2 Å². The third-order valence-corrected chi connectivity index (χ3v) is 2.97. The van der Waals surface area contributed by atoms with E-state index in [-0.39, 0.29) is 5.91 Å². The minimum absolute atomic E-state index is 0.119. The lowest BCUT2D eigenvalue weighted by molar-refractivity contribution is -0.123. The summed E-state index contributed by atoms with van der Waals surface area (Å²) in [6.45, 7) is 3.28. The van der Waals surface area contributed by atoms with Crippen LogP contribution in [0.3, 0.4) is 0 Å². The van der Waals surface area contributed by atoms with Gasteiger partial charge in [-0.05, 0) is 17.7 Å². The van der Waals surface area contributed by atoms with Gasteiger partial charge in [0.2, 0.25) is 0 Å². The molecule has 0 atom stereocenters. The van der Waals surface area contributed by atoms with E-state index in [4.69, 9.17) is 9.47 Å². The zero-order chi connectivity index (χ0) is 14.2. The molecule has 2 rings (SSSR count). The lowest BCUT2D eigenvalue weighted by Gasteiger charge is -2.25. The Hall–Kier alpha value is -1.92. The number of ether oxygens (including phenoxy) is 2. The highest BCUT2D eigenvalue weighted by Crippen LogP contribution is 2.10. The maximum absolute atomic E-state index is 11.7. The third kappa shape index (κ3) is 4.64. The van der Waals surface area contributed by atoms with Crippen molar-refractivity contribution in [2.45, 2.75) is 0 Å². The van der Waals surface area contributed by atoms with E-state index in [1.54, 1.807) is 13.3 Å². The van der Waals surface area contributed by atoms with E-state index in [1.165, 1.54) is 0 Å². The first-order chi connectivity index (χ1) is 9.78. The monoisotopic (exact) mass is 277 g/mol. The first-order valence-corrected chi connectivity index (χ1v) is 6.54. The zero-order valence-electron chi connectivity index (χ0n) is 11.5. The molecule has 108 valence electrons. The van der Waals surface area contributed by atoms with Gasteiger partial charge in [0.1, 0.15) is 5.75 Å². The standard InChI is InChI=1S/C14H19N3O3/c1-19-13-4-2-3-12(9-13)10-15-16-14(18)11-17-5-7-20-8-6-17/h2-4,9-10H,5-8,11H2,1H3,(H,16,18)/b15-10+. The molecule has 1 amide bonds. The highest BCUT2D eigenvalue weighted by molar-refractivity contribution is 5.83. The van der Waals surface area contributed by atoms with Gasteiger partial charge in [-0.2, -0.15) is 5.10 Å². The van der Waals surface area contributed by atoms with Gasteiger partial charge in [0.15, 0.2) is 0 Å². The number of nitrogens with zero attached hydrogens (tertiary/aromatic N) is 2. The van der Waals surface area contributed by atoms with Gasteiger partial charge in [0.25, 0.3) is 5.91 Å². The van der Waals surface area contributed by atoms with Gasteiger partial charge < -0.3 is 9.47 Å². The summed E-state index contributed by atoms with van der Waals surface area (Å²) in [4.78, 5) is 13.7. The molecule has 6 nitrogen and oxygen atoms in total. The maximum Gasteiger partial charge on any atom is 0.254 e. The van der Waals surface area contributed by atoms with E-state index in [0.29, 0.717) is 19.8 Å². The van der Waals surface area contributed by atoms with Crippen LogP contribution in [0.25, 0.3) is 0 Å². The molecule has 0 saturated carbocycles. The van der Waals surface area contributed by atoms with Gasteiger partial charge in [-0.15, -0.1) is 0 Å². The van der Waals surface area contributed by atoms with E-state index in [0.717, 1.165) is 24.4 Å². The van der Waals surface area contributed by atoms with E-state index in [1.807, 2.05) is 29.2 Å². The van der Waals surface area contributed by atoms with Crippen molar-refractivity contribution < 1.29 is 14.3 Å². The van der Waals surface area contributed by atoms with Crippen molar-refractivity contribution in [2.75, 3.05) is 40.0 Å². The molecule has 1 heterocycles. The predicted molar refractivity (Wildman–Crippen MR) is 76.0 cm³/mol. The van der Waals surface area contributed by atoms with Crippen molar-refractivity contribution in [1.82, 2.24) is 10.3 Å².